The van der Waals surface area contributed by atoms with E-state index in [2.05, 4.69) is 114 Å². The van der Waals surface area contributed by atoms with Gasteiger partial charge < -0.3 is 13.4 Å². The van der Waals surface area contributed by atoms with E-state index in [1.807, 2.05) is 36.4 Å². The predicted molar refractivity (Wildman–Crippen MR) is 201 cm³/mol. The number of rotatable bonds is 3. The Labute approximate surface area is 281 Å². The molecule has 49 heavy (non-hydrogen) atoms. The molecule has 0 N–H and O–H groups in total. The Morgan fingerprint density at radius 1 is 0.592 bits per heavy atom. The Morgan fingerprint density at radius 2 is 1.37 bits per heavy atom. The summed E-state index contributed by atoms with van der Waals surface area (Å²) in [5.74, 6) is 0.587. The Kier molecular flexibility index (Phi) is 5.47. The molecule has 0 fully saturated rings. The monoisotopic (exact) mass is 628 g/mol. The molecule has 3 aromatic heterocycles. The van der Waals surface area contributed by atoms with Crippen LogP contribution >= 0.6 is 0 Å². The van der Waals surface area contributed by atoms with Crippen LogP contribution in [0, 0.1) is 0 Å². The molecule has 0 saturated heterocycles. The maximum atomic E-state index is 6.68. The van der Waals surface area contributed by atoms with Crippen LogP contribution in [-0.2, 0) is 6.42 Å². The Hall–Kier alpha value is -6.39. The van der Waals surface area contributed by atoms with Gasteiger partial charge in [-0.2, -0.15) is 0 Å². The van der Waals surface area contributed by atoms with E-state index in [0.29, 0.717) is 5.89 Å². The van der Waals surface area contributed by atoms with Gasteiger partial charge in [0, 0.05) is 33.0 Å². The number of para-hydroxylation sites is 1. The molecule has 0 radical (unpaired) electrons. The number of allylic oxidation sites excluding steroid dienone is 1. The second-order valence-electron chi connectivity index (χ2n) is 13.0. The first-order chi connectivity index (χ1) is 24.3. The summed E-state index contributed by atoms with van der Waals surface area (Å²) in [6, 6.07) is 47.1. The lowest BCUT2D eigenvalue weighted by molar-refractivity contribution is 0.620. The van der Waals surface area contributed by atoms with Crippen molar-refractivity contribution in [2.24, 2.45) is 0 Å². The van der Waals surface area contributed by atoms with Gasteiger partial charge >= 0.3 is 0 Å². The number of aromatic nitrogens is 2. The molecule has 0 amide bonds. The van der Waals surface area contributed by atoms with E-state index >= 15 is 0 Å². The van der Waals surface area contributed by atoms with Gasteiger partial charge in [-0.15, -0.1) is 0 Å². The van der Waals surface area contributed by atoms with Crippen molar-refractivity contribution in [2.45, 2.75) is 12.8 Å². The van der Waals surface area contributed by atoms with Crippen molar-refractivity contribution in [3.8, 4) is 28.3 Å². The molecule has 0 bridgehead atoms. The molecule has 10 aromatic rings. The van der Waals surface area contributed by atoms with E-state index < -0.39 is 0 Å². The molecule has 11 rings (SSSR count). The van der Waals surface area contributed by atoms with Crippen molar-refractivity contribution in [3.63, 3.8) is 0 Å². The van der Waals surface area contributed by atoms with Gasteiger partial charge in [-0.1, -0.05) is 97.1 Å². The lowest BCUT2D eigenvalue weighted by Crippen LogP contribution is -1.97. The highest BCUT2D eigenvalue weighted by Gasteiger charge is 2.22. The second-order valence-corrected chi connectivity index (χ2v) is 13.0. The Bertz CT molecular complexity index is 2980. The Balaban J connectivity index is 1.12. The number of aryl methyl sites for hydroxylation is 1. The van der Waals surface area contributed by atoms with Gasteiger partial charge in [0.1, 0.15) is 16.7 Å². The van der Waals surface area contributed by atoms with Crippen molar-refractivity contribution in [2.75, 3.05) is 0 Å². The zero-order valence-electron chi connectivity index (χ0n) is 26.5. The SMILES string of the molecule is C1=Cc2c(ccc3c2c2c4ccccc4ccc2n3-c2ccc(-c3nc4c(o3)c(-c3ccccc3)cc3oc5ccccc5c34)cc2)CC1. The topological polar surface area (TPSA) is 44.1 Å². The van der Waals surface area contributed by atoms with Crippen molar-refractivity contribution in [1.29, 1.82) is 0 Å². The number of nitrogens with zero attached hydrogens (tertiary/aromatic N) is 2. The number of oxazole rings is 1. The molecule has 0 unspecified atom stereocenters. The van der Waals surface area contributed by atoms with Crippen LogP contribution in [0.25, 0.3) is 100.0 Å². The average Bonchev–Trinajstić information content (AvgIpc) is 3.87. The van der Waals surface area contributed by atoms with Crippen molar-refractivity contribution in [1.82, 2.24) is 9.55 Å². The maximum absolute atomic E-state index is 6.68. The zero-order valence-corrected chi connectivity index (χ0v) is 26.5. The van der Waals surface area contributed by atoms with E-state index in [9.17, 15) is 0 Å². The Morgan fingerprint density at radius 3 is 2.27 bits per heavy atom. The van der Waals surface area contributed by atoms with E-state index in [1.54, 1.807) is 0 Å². The summed E-state index contributed by atoms with van der Waals surface area (Å²) in [6.45, 7) is 0. The van der Waals surface area contributed by atoms with Crippen LogP contribution in [0.2, 0.25) is 0 Å². The molecular formula is C45H28N2O2. The van der Waals surface area contributed by atoms with E-state index in [0.717, 1.165) is 68.3 Å². The molecule has 7 aromatic carbocycles. The smallest absolute Gasteiger partial charge is 0.227 e. The minimum atomic E-state index is 0.587. The van der Waals surface area contributed by atoms with Gasteiger partial charge in [0.15, 0.2) is 5.58 Å². The van der Waals surface area contributed by atoms with Gasteiger partial charge in [-0.25, -0.2) is 4.98 Å². The first-order valence-corrected chi connectivity index (χ1v) is 16.9. The molecule has 4 nitrogen and oxygen atoms in total. The standard InChI is InChI=1S/C45H28N2O2/c1-2-10-27(11-3-1)35-26-39-42(34-16-8-9-17-38(34)48-39)43-44(35)49-45(46-43)30-18-22-31(23-19-30)47-36-24-20-28-12-4-6-14-32(28)40(36)41-33-15-7-5-13-29(33)21-25-37(41)47/h1-4,6-12,14-26H,5,13H2. The van der Waals surface area contributed by atoms with E-state index in [-0.39, 0.29) is 0 Å². The molecule has 0 aliphatic heterocycles. The number of furan rings is 1. The molecule has 3 heterocycles. The van der Waals surface area contributed by atoms with Crippen LogP contribution in [0.5, 0.6) is 0 Å². The maximum Gasteiger partial charge on any atom is 0.227 e. The zero-order chi connectivity index (χ0) is 32.1. The summed E-state index contributed by atoms with van der Waals surface area (Å²) >= 11 is 0. The van der Waals surface area contributed by atoms with Crippen LogP contribution in [-0.4, -0.2) is 9.55 Å². The molecule has 0 saturated carbocycles. The molecule has 4 heteroatoms. The highest BCUT2D eigenvalue weighted by atomic mass is 16.4. The number of benzene rings is 7. The predicted octanol–water partition coefficient (Wildman–Crippen LogP) is 12.3. The van der Waals surface area contributed by atoms with Crippen molar-refractivity contribution in [3.05, 3.63) is 151 Å². The lowest BCUT2D eigenvalue weighted by atomic mass is 9.92. The van der Waals surface area contributed by atoms with Gasteiger partial charge in [0.25, 0.3) is 0 Å². The molecular weight excluding hydrogens is 601 g/mol. The third-order valence-electron chi connectivity index (χ3n) is 10.3. The van der Waals surface area contributed by atoms with E-state index in [1.165, 1.54) is 43.7 Å². The summed E-state index contributed by atoms with van der Waals surface area (Å²) in [4.78, 5) is 5.15. The quantitative estimate of drug-likeness (QED) is 0.196. The van der Waals surface area contributed by atoms with Crippen molar-refractivity contribution >= 4 is 71.7 Å². The summed E-state index contributed by atoms with van der Waals surface area (Å²) in [6.07, 6.45) is 6.80. The second kappa shape index (κ2) is 10.1. The lowest BCUT2D eigenvalue weighted by Gasteiger charge is -2.13. The third kappa shape index (κ3) is 3.83. The van der Waals surface area contributed by atoms with Crippen LogP contribution in [0.3, 0.4) is 0 Å². The fourth-order valence-corrected chi connectivity index (χ4v) is 8.05. The number of fused-ring (bicyclic) bond motifs is 12. The molecule has 1 aliphatic rings. The number of hydrogen-bond donors (Lipinski definition) is 0. The first-order valence-electron chi connectivity index (χ1n) is 16.9. The summed E-state index contributed by atoms with van der Waals surface area (Å²) in [5.41, 5.74) is 12.5. The fourth-order valence-electron chi connectivity index (χ4n) is 8.05. The average molecular weight is 629 g/mol. The largest absolute Gasteiger partial charge is 0.456 e. The third-order valence-corrected chi connectivity index (χ3v) is 10.3. The summed E-state index contributed by atoms with van der Waals surface area (Å²) in [5, 5.41) is 7.19. The minimum absolute atomic E-state index is 0.587. The van der Waals surface area contributed by atoms with Crippen LogP contribution < -0.4 is 0 Å². The van der Waals surface area contributed by atoms with Crippen LogP contribution in [0.1, 0.15) is 17.5 Å². The molecule has 0 spiro atoms. The van der Waals surface area contributed by atoms with Crippen LogP contribution in [0.15, 0.2) is 148 Å². The van der Waals surface area contributed by atoms with Crippen molar-refractivity contribution < 1.29 is 8.83 Å². The first kappa shape index (κ1) is 26.7. The summed E-state index contributed by atoms with van der Waals surface area (Å²) < 4.78 is 15.4. The van der Waals surface area contributed by atoms with E-state index in [4.69, 9.17) is 13.8 Å². The highest BCUT2D eigenvalue weighted by molar-refractivity contribution is 6.24. The molecule has 0 atom stereocenters. The highest BCUT2D eigenvalue weighted by Crippen LogP contribution is 2.43. The van der Waals surface area contributed by atoms with Gasteiger partial charge in [-0.05, 0) is 88.8 Å². The van der Waals surface area contributed by atoms with Gasteiger partial charge in [0.05, 0.1) is 16.4 Å². The van der Waals surface area contributed by atoms with Gasteiger partial charge in [-0.3, -0.25) is 0 Å². The summed E-state index contributed by atoms with van der Waals surface area (Å²) in [7, 11) is 0. The molecule has 1 aliphatic carbocycles. The fraction of sp³-hybridized carbons (Fsp3) is 0.0444. The number of hydrogen-bond acceptors (Lipinski definition) is 3. The van der Waals surface area contributed by atoms with Crippen LogP contribution in [0.4, 0.5) is 0 Å². The van der Waals surface area contributed by atoms with Gasteiger partial charge in [0.2, 0.25) is 5.89 Å². The minimum Gasteiger partial charge on any atom is -0.456 e. The molecule has 230 valence electrons. The normalized spacial score (nSPS) is 13.1.